The molecule has 0 amide bonds. The van der Waals surface area contributed by atoms with Gasteiger partial charge in [0.1, 0.15) is 5.69 Å². The van der Waals surface area contributed by atoms with Gasteiger partial charge in [0.05, 0.1) is 18.7 Å². The number of aryl methyl sites for hydroxylation is 1. The third-order valence-corrected chi connectivity index (χ3v) is 1.83. The maximum Gasteiger partial charge on any atom is 0.356 e. The highest BCUT2D eigenvalue weighted by molar-refractivity contribution is 6.16. The topological polar surface area (TPSA) is 39.2 Å². The van der Waals surface area contributed by atoms with Gasteiger partial charge in [0.15, 0.2) is 0 Å². The highest BCUT2D eigenvalue weighted by Crippen LogP contribution is 2.08. The summed E-state index contributed by atoms with van der Waals surface area (Å²) in [5.41, 5.74) is 1.94. The summed E-state index contributed by atoms with van der Waals surface area (Å²) < 4.78 is 4.55. The Kier molecular flexibility index (Phi) is 3.25. The molecule has 1 aromatic rings. The second-order valence-corrected chi connectivity index (χ2v) is 2.91. The minimum absolute atomic E-state index is 0.297. The largest absolute Gasteiger partial charge is 0.464 e. The van der Waals surface area contributed by atoms with E-state index in [4.69, 9.17) is 11.6 Å². The molecule has 0 fully saturated rings. The molecule has 0 saturated heterocycles. The molecule has 0 unspecified atom stereocenters. The minimum atomic E-state index is -0.435. The van der Waals surface area contributed by atoms with Crippen molar-refractivity contribution in [3.63, 3.8) is 0 Å². The van der Waals surface area contributed by atoms with Crippen molar-refractivity contribution in [3.05, 3.63) is 29.1 Å². The van der Waals surface area contributed by atoms with Crippen molar-refractivity contribution < 1.29 is 9.53 Å². The molecule has 0 aliphatic carbocycles. The van der Waals surface area contributed by atoms with E-state index in [0.717, 1.165) is 5.56 Å². The molecule has 0 aliphatic heterocycles. The number of carbonyl (C=O) groups is 1. The molecular formula is C9H10ClNO2. The lowest BCUT2D eigenvalue weighted by Gasteiger charge is -2.02. The van der Waals surface area contributed by atoms with Crippen LogP contribution in [0.15, 0.2) is 12.1 Å². The van der Waals surface area contributed by atoms with E-state index in [0.29, 0.717) is 17.3 Å². The van der Waals surface area contributed by atoms with Crippen LogP contribution in [0.5, 0.6) is 0 Å². The average Bonchev–Trinajstić information content (AvgIpc) is 2.15. The molecule has 13 heavy (non-hydrogen) atoms. The number of carbonyl (C=O) groups excluding carboxylic acids is 1. The second-order valence-electron chi connectivity index (χ2n) is 2.65. The minimum Gasteiger partial charge on any atom is -0.464 e. The Balaban J connectivity index is 3.08. The molecular weight excluding hydrogens is 190 g/mol. The summed E-state index contributed by atoms with van der Waals surface area (Å²) in [5.74, 6) is -0.138. The predicted octanol–water partition coefficient (Wildman–Crippen LogP) is 1.92. The van der Waals surface area contributed by atoms with Gasteiger partial charge in [-0.15, -0.1) is 11.6 Å². The smallest absolute Gasteiger partial charge is 0.356 e. The lowest BCUT2D eigenvalue weighted by atomic mass is 10.2. The van der Waals surface area contributed by atoms with Crippen LogP contribution in [0.1, 0.15) is 21.7 Å². The summed E-state index contributed by atoms with van der Waals surface area (Å²) in [6.07, 6.45) is 0. The fourth-order valence-corrected chi connectivity index (χ4v) is 1.15. The zero-order valence-electron chi connectivity index (χ0n) is 7.50. The van der Waals surface area contributed by atoms with Gasteiger partial charge in [-0.3, -0.25) is 0 Å². The lowest BCUT2D eigenvalue weighted by Crippen LogP contribution is -2.06. The molecule has 0 saturated carbocycles. The first kappa shape index (κ1) is 9.99. The molecule has 0 spiro atoms. The summed E-state index contributed by atoms with van der Waals surface area (Å²) >= 11 is 5.60. The lowest BCUT2D eigenvalue weighted by molar-refractivity contribution is 0.0593. The highest BCUT2D eigenvalue weighted by atomic mass is 35.5. The summed E-state index contributed by atoms with van der Waals surface area (Å²) in [6.45, 7) is 1.88. The van der Waals surface area contributed by atoms with Crippen LogP contribution in [-0.4, -0.2) is 18.1 Å². The normalized spacial score (nSPS) is 9.77. The van der Waals surface area contributed by atoms with Gasteiger partial charge in [-0.2, -0.15) is 0 Å². The molecule has 0 aromatic carbocycles. The molecule has 1 heterocycles. The fourth-order valence-electron chi connectivity index (χ4n) is 1.02. The molecule has 3 nitrogen and oxygen atoms in total. The van der Waals surface area contributed by atoms with E-state index in [-0.39, 0.29) is 0 Å². The van der Waals surface area contributed by atoms with Gasteiger partial charge in [-0.1, -0.05) is 0 Å². The summed E-state index contributed by atoms with van der Waals surface area (Å²) in [4.78, 5) is 15.1. The molecule has 0 radical (unpaired) electrons. The monoisotopic (exact) mass is 199 g/mol. The third kappa shape index (κ3) is 2.42. The highest BCUT2D eigenvalue weighted by Gasteiger charge is 2.08. The van der Waals surface area contributed by atoms with Crippen molar-refractivity contribution in [1.82, 2.24) is 4.98 Å². The first-order valence-corrected chi connectivity index (χ1v) is 4.32. The number of alkyl halides is 1. The third-order valence-electron chi connectivity index (χ3n) is 1.55. The molecule has 1 rings (SSSR count). The van der Waals surface area contributed by atoms with Crippen LogP contribution in [0.2, 0.25) is 0 Å². The average molecular weight is 200 g/mol. The van der Waals surface area contributed by atoms with Crippen molar-refractivity contribution >= 4 is 17.6 Å². The van der Waals surface area contributed by atoms with Gasteiger partial charge in [-0.05, 0) is 24.6 Å². The number of nitrogens with zero attached hydrogens (tertiary/aromatic N) is 1. The van der Waals surface area contributed by atoms with Crippen molar-refractivity contribution in [3.8, 4) is 0 Å². The Bertz CT molecular complexity index is 325. The van der Waals surface area contributed by atoms with Gasteiger partial charge in [-0.25, -0.2) is 9.78 Å². The Labute approximate surface area is 81.7 Å². The predicted molar refractivity (Wildman–Crippen MR) is 49.9 cm³/mol. The molecule has 1 aromatic heterocycles. The number of hydrogen-bond acceptors (Lipinski definition) is 3. The first-order chi connectivity index (χ1) is 6.17. The number of aromatic nitrogens is 1. The Morgan fingerprint density at radius 1 is 1.62 bits per heavy atom. The van der Waals surface area contributed by atoms with Crippen LogP contribution >= 0.6 is 11.6 Å². The van der Waals surface area contributed by atoms with Gasteiger partial charge >= 0.3 is 5.97 Å². The first-order valence-electron chi connectivity index (χ1n) is 3.79. The molecule has 70 valence electrons. The van der Waals surface area contributed by atoms with Crippen molar-refractivity contribution in [1.29, 1.82) is 0 Å². The maximum atomic E-state index is 11.1. The molecule has 0 N–H and O–H groups in total. The number of rotatable bonds is 2. The van der Waals surface area contributed by atoms with Crippen LogP contribution < -0.4 is 0 Å². The van der Waals surface area contributed by atoms with Gasteiger partial charge in [0.2, 0.25) is 0 Å². The number of esters is 1. The van der Waals surface area contributed by atoms with E-state index < -0.39 is 5.97 Å². The van der Waals surface area contributed by atoms with E-state index in [1.807, 2.05) is 13.0 Å². The zero-order valence-corrected chi connectivity index (χ0v) is 8.26. The van der Waals surface area contributed by atoms with E-state index in [1.54, 1.807) is 6.07 Å². The molecule has 4 heteroatoms. The summed E-state index contributed by atoms with van der Waals surface area (Å²) in [5, 5.41) is 0. The SMILES string of the molecule is COC(=O)c1cc(C)cc(CCl)n1. The van der Waals surface area contributed by atoms with Gasteiger partial charge in [0, 0.05) is 0 Å². The Morgan fingerprint density at radius 2 is 2.31 bits per heavy atom. The number of methoxy groups -OCH3 is 1. The van der Waals surface area contributed by atoms with Gasteiger partial charge < -0.3 is 4.74 Å². The van der Waals surface area contributed by atoms with E-state index in [2.05, 4.69) is 9.72 Å². The second kappa shape index (κ2) is 4.23. The van der Waals surface area contributed by atoms with Crippen LogP contribution in [0.3, 0.4) is 0 Å². The quantitative estimate of drug-likeness (QED) is 0.540. The van der Waals surface area contributed by atoms with Crippen LogP contribution in [-0.2, 0) is 10.6 Å². The van der Waals surface area contributed by atoms with Crippen LogP contribution in [0, 0.1) is 6.92 Å². The zero-order chi connectivity index (χ0) is 9.84. The van der Waals surface area contributed by atoms with E-state index in [1.165, 1.54) is 7.11 Å². The van der Waals surface area contributed by atoms with Crippen molar-refractivity contribution in [2.45, 2.75) is 12.8 Å². The van der Waals surface area contributed by atoms with Gasteiger partial charge in [0.25, 0.3) is 0 Å². The van der Waals surface area contributed by atoms with Crippen molar-refractivity contribution in [2.75, 3.05) is 7.11 Å². The van der Waals surface area contributed by atoms with E-state index in [9.17, 15) is 4.79 Å². The number of pyridine rings is 1. The Morgan fingerprint density at radius 3 is 2.85 bits per heavy atom. The summed E-state index contributed by atoms with van der Waals surface area (Å²) in [7, 11) is 1.33. The number of hydrogen-bond donors (Lipinski definition) is 0. The molecule has 0 aliphatic rings. The van der Waals surface area contributed by atoms with Crippen LogP contribution in [0.4, 0.5) is 0 Å². The maximum absolute atomic E-state index is 11.1. The summed E-state index contributed by atoms with van der Waals surface area (Å²) in [6, 6.07) is 3.50. The molecule has 0 bridgehead atoms. The van der Waals surface area contributed by atoms with Crippen molar-refractivity contribution in [2.24, 2.45) is 0 Å². The number of ether oxygens (including phenoxy) is 1. The fraction of sp³-hybridized carbons (Fsp3) is 0.333. The standard InChI is InChI=1S/C9H10ClNO2/c1-6-3-7(5-10)11-8(4-6)9(12)13-2/h3-4H,5H2,1-2H3. The molecule has 0 atom stereocenters. The Hall–Kier alpha value is -1.09. The number of halogens is 1. The van der Waals surface area contributed by atoms with E-state index >= 15 is 0 Å². The van der Waals surface area contributed by atoms with Crippen LogP contribution in [0.25, 0.3) is 0 Å².